The smallest absolute Gasteiger partial charge is 0.167 e. The van der Waals surface area contributed by atoms with Gasteiger partial charge in [-0.25, -0.2) is 4.39 Å². The quantitative estimate of drug-likeness (QED) is 0.906. The Balaban J connectivity index is 1.64. The number of carbonyl (C=O) groups is 1. The van der Waals surface area contributed by atoms with Gasteiger partial charge in [0.15, 0.2) is 17.3 Å². The van der Waals surface area contributed by atoms with Crippen LogP contribution >= 0.6 is 0 Å². The van der Waals surface area contributed by atoms with E-state index in [1.54, 1.807) is 6.07 Å². The van der Waals surface area contributed by atoms with Crippen molar-refractivity contribution in [1.29, 1.82) is 0 Å². The SMILES string of the molecule is CCC1CC(=O)CN(c2ccc(OC[C@@H]3CCCN3)c(F)c2)C1. The second-order valence-corrected chi connectivity index (χ2v) is 6.62. The topological polar surface area (TPSA) is 41.6 Å². The molecule has 0 aromatic heterocycles. The molecule has 2 aliphatic heterocycles. The summed E-state index contributed by atoms with van der Waals surface area (Å²) in [6.07, 6.45) is 3.84. The van der Waals surface area contributed by atoms with Gasteiger partial charge in [0.05, 0.1) is 6.54 Å². The van der Waals surface area contributed by atoms with Crippen LogP contribution in [0.25, 0.3) is 0 Å². The summed E-state index contributed by atoms with van der Waals surface area (Å²) in [6.45, 7) is 4.79. The van der Waals surface area contributed by atoms with E-state index < -0.39 is 0 Å². The third-order valence-corrected chi connectivity index (χ3v) is 4.82. The van der Waals surface area contributed by atoms with E-state index in [1.807, 2.05) is 11.0 Å². The number of hydrogen-bond donors (Lipinski definition) is 1. The molecule has 0 aliphatic carbocycles. The van der Waals surface area contributed by atoms with Crippen LogP contribution in [0, 0.1) is 11.7 Å². The van der Waals surface area contributed by atoms with Gasteiger partial charge in [0.2, 0.25) is 0 Å². The minimum atomic E-state index is -0.355. The summed E-state index contributed by atoms with van der Waals surface area (Å²) >= 11 is 0. The molecule has 1 aromatic rings. The van der Waals surface area contributed by atoms with Crippen LogP contribution in [-0.2, 0) is 4.79 Å². The van der Waals surface area contributed by atoms with Crippen molar-refractivity contribution in [2.45, 2.75) is 38.6 Å². The molecule has 23 heavy (non-hydrogen) atoms. The molecule has 0 amide bonds. The predicted molar refractivity (Wildman–Crippen MR) is 88.5 cm³/mol. The van der Waals surface area contributed by atoms with E-state index in [4.69, 9.17) is 4.74 Å². The highest BCUT2D eigenvalue weighted by molar-refractivity contribution is 5.85. The molecule has 0 saturated carbocycles. The van der Waals surface area contributed by atoms with E-state index in [1.165, 1.54) is 6.07 Å². The molecule has 1 unspecified atom stereocenters. The fourth-order valence-corrected chi connectivity index (χ4v) is 3.40. The number of piperidine rings is 1. The predicted octanol–water partition coefficient (Wildman–Crippen LogP) is 2.76. The summed E-state index contributed by atoms with van der Waals surface area (Å²) in [5, 5.41) is 3.33. The first-order chi connectivity index (χ1) is 11.2. The molecule has 126 valence electrons. The minimum absolute atomic E-state index is 0.233. The minimum Gasteiger partial charge on any atom is -0.489 e. The fraction of sp³-hybridized carbons (Fsp3) is 0.611. The van der Waals surface area contributed by atoms with Gasteiger partial charge in [0.1, 0.15) is 6.61 Å². The first-order valence-corrected chi connectivity index (χ1v) is 8.58. The van der Waals surface area contributed by atoms with Crippen LogP contribution in [0.2, 0.25) is 0 Å². The van der Waals surface area contributed by atoms with Crippen LogP contribution in [0.4, 0.5) is 10.1 Å². The van der Waals surface area contributed by atoms with Gasteiger partial charge in [-0.15, -0.1) is 0 Å². The molecule has 0 radical (unpaired) electrons. The first-order valence-electron chi connectivity index (χ1n) is 8.58. The largest absolute Gasteiger partial charge is 0.489 e. The second kappa shape index (κ2) is 7.30. The molecule has 2 atom stereocenters. The van der Waals surface area contributed by atoms with Gasteiger partial charge in [-0.3, -0.25) is 4.79 Å². The van der Waals surface area contributed by atoms with Crippen molar-refractivity contribution in [3.8, 4) is 5.75 Å². The number of carbonyl (C=O) groups excluding carboxylic acids is 1. The lowest BCUT2D eigenvalue weighted by Crippen LogP contribution is -2.40. The Morgan fingerprint density at radius 1 is 1.43 bits per heavy atom. The van der Waals surface area contributed by atoms with E-state index in [-0.39, 0.29) is 17.3 Å². The molecule has 3 rings (SSSR count). The van der Waals surface area contributed by atoms with Crippen LogP contribution in [0.5, 0.6) is 5.75 Å². The average molecular weight is 320 g/mol. The number of ether oxygens (including phenoxy) is 1. The second-order valence-electron chi connectivity index (χ2n) is 6.62. The number of benzene rings is 1. The van der Waals surface area contributed by atoms with Gasteiger partial charge >= 0.3 is 0 Å². The van der Waals surface area contributed by atoms with Crippen LogP contribution in [-0.4, -0.2) is 38.1 Å². The summed E-state index contributed by atoms with van der Waals surface area (Å²) in [4.78, 5) is 13.8. The first kappa shape index (κ1) is 16.2. The maximum Gasteiger partial charge on any atom is 0.167 e. The highest BCUT2D eigenvalue weighted by Crippen LogP contribution is 2.28. The van der Waals surface area contributed by atoms with Gasteiger partial charge in [-0.2, -0.15) is 0 Å². The van der Waals surface area contributed by atoms with Crippen LogP contribution in [0.3, 0.4) is 0 Å². The Morgan fingerprint density at radius 3 is 3.00 bits per heavy atom. The Morgan fingerprint density at radius 2 is 2.30 bits per heavy atom. The molecule has 2 aliphatic rings. The third-order valence-electron chi connectivity index (χ3n) is 4.82. The number of halogens is 1. The van der Waals surface area contributed by atoms with Gasteiger partial charge in [0, 0.05) is 30.8 Å². The molecule has 2 saturated heterocycles. The summed E-state index contributed by atoms with van der Waals surface area (Å²) in [5.41, 5.74) is 0.764. The summed E-state index contributed by atoms with van der Waals surface area (Å²) in [7, 11) is 0. The lowest BCUT2D eigenvalue weighted by molar-refractivity contribution is -0.119. The van der Waals surface area contributed by atoms with Gasteiger partial charge < -0.3 is 15.0 Å². The van der Waals surface area contributed by atoms with Crippen molar-refractivity contribution >= 4 is 11.5 Å². The molecule has 4 nitrogen and oxygen atoms in total. The number of anilines is 1. The summed E-state index contributed by atoms with van der Waals surface area (Å²) < 4.78 is 19.9. The van der Waals surface area contributed by atoms with Crippen molar-refractivity contribution in [3.63, 3.8) is 0 Å². The average Bonchev–Trinajstić information content (AvgIpc) is 3.06. The Hall–Kier alpha value is -1.62. The molecule has 1 N–H and O–H groups in total. The van der Waals surface area contributed by atoms with E-state index >= 15 is 0 Å². The van der Waals surface area contributed by atoms with Crippen LogP contribution in [0.15, 0.2) is 18.2 Å². The van der Waals surface area contributed by atoms with Crippen molar-refractivity contribution < 1.29 is 13.9 Å². The lowest BCUT2D eigenvalue weighted by Gasteiger charge is -2.33. The van der Waals surface area contributed by atoms with Crippen molar-refractivity contribution in [3.05, 3.63) is 24.0 Å². The van der Waals surface area contributed by atoms with Gasteiger partial charge in [-0.1, -0.05) is 13.3 Å². The van der Waals surface area contributed by atoms with Crippen molar-refractivity contribution in [2.75, 3.05) is 31.1 Å². The maximum absolute atomic E-state index is 14.3. The van der Waals surface area contributed by atoms with Crippen molar-refractivity contribution in [2.24, 2.45) is 5.92 Å². The summed E-state index contributed by atoms with van der Waals surface area (Å²) in [6, 6.07) is 5.34. The zero-order chi connectivity index (χ0) is 16.2. The Labute approximate surface area is 137 Å². The number of nitrogens with one attached hydrogen (secondary N) is 1. The zero-order valence-electron chi connectivity index (χ0n) is 13.7. The molecular formula is C18H25FN2O2. The molecule has 0 spiro atoms. The molecule has 0 bridgehead atoms. The highest BCUT2D eigenvalue weighted by Gasteiger charge is 2.25. The number of rotatable bonds is 5. The lowest BCUT2D eigenvalue weighted by atomic mass is 9.94. The van der Waals surface area contributed by atoms with Crippen LogP contribution < -0.4 is 15.0 Å². The fourth-order valence-electron chi connectivity index (χ4n) is 3.40. The Bertz CT molecular complexity index is 558. The number of hydrogen-bond acceptors (Lipinski definition) is 4. The van der Waals surface area contributed by atoms with E-state index in [0.717, 1.165) is 38.0 Å². The zero-order valence-corrected chi connectivity index (χ0v) is 13.7. The highest BCUT2D eigenvalue weighted by atomic mass is 19.1. The maximum atomic E-state index is 14.3. The van der Waals surface area contributed by atoms with Gasteiger partial charge in [0.25, 0.3) is 0 Å². The number of nitrogens with zero attached hydrogens (tertiary/aromatic N) is 1. The van der Waals surface area contributed by atoms with E-state index in [2.05, 4.69) is 12.2 Å². The normalized spacial score (nSPS) is 25.0. The van der Waals surface area contributed by atoms with Gasteiger partial charge in [-0.05, 0) is 37.4 Å². The standard InChI is InChI=1S/C18H25FN2O2/c1-2-13-8-16(22)11-21(10-13)15-5-6-18(17(19)9-15)23-12-14-4-3-7-20-14/h5-6,9,13-14,20H,2-4,7-8,10-12H2,1H3/t13?,14-/m0/s1. The van der Waals surface area contributed by atoms with Crippen LogP contribution in [0.1, 0.15) is 32.6 Å². The van der Waals surface area contributed by atoms with E-state index in [0.29, 0.717) is 31.5 Å². The molecule has 2 heterocycles. The monoisotopic (exact) mass is 320 g/mol. The molecule has 1 aromatic carbocycles. The number of Topliss-reactive ketones (excluding diaryl/α,β-unsaturated/α-hetero) is 1. The Kier molecular flexibility index (Phi) is 5.16. The third kappa shape index (κ3) is 4.02. The molecular weight excluding hydrogens is 295 g/mol. The number of ketones is 1. The van der Waals surface area contributed by atoms with E-state index in [9.17, 15) is 9.18 Å². The molecule has 2 fully saturated rings. The van der Waals surface area contributed by atoms with Crippen molar-refractivity contribution in [1.82, 2.24) is 5.32 Å². The summed E-state index contributed by atoms with van der Waals surface area (Å²) in [5.74, 6) is 0.532. The molecule has 5 heteroatoms.